The molecule has 0 amide bonds. The van der Waals surface area contributed by atoms with E-state index in [9.17, 15) is 4.39 Å². The van der Waals surface area contributed by atoms with Crippen LogP contribution in [0.15, 0.2) is 12.2 Å². The van der Waals surface area contributed by atoms with Crippen LogP contribution < -0.4 is 0 Å². The van der Waals surface area contributed by atoms with Crippen LogP contribution in [0.1, 0.15) is 48.5 Å². The average Bonchev–Trinajstić information content (AvgIpc) is 2.38. The first-order valence-electron chi connectivity index (χ1n) is 7.07. The molecule has 4 atom stereocenters. The minimum atomic E-state index is -1.000. The van der Waals surface area contributed by atoms with Crippen LogP contribution in [0, 0.1) is 11.8 Å². The van der Waals surface area contributed by atoms with Gasteiger partial charge in [0.25, 0.3) is 0 Å². The second-order valence-corrected chi connectivity index (χ2v) is 7.53. The van der Waals surface area contributed by atoms with Crippen molar-refractivity contribution in [2.75, 3.05) is 6.61 Å². The summed E-state index contributed by atoms with van der Waals surface area (Å²) in [5, 5.41) is 0. The Morgan fingerprint density at radius 1 is 1.11 bits per heavy atom. The molecule has 1 aliphatic carbocycles. The predicted molar refractivity (Wildman–Crippen MR) is 77.0 cm³/mol. The molecule has 0 radical (unpaired) electrons. The van der Waals surface area contributed by atoms with Gasteiger partial charge in [0.05, 0.1) is 23.9 Å². The van der Waals surface area contributed by atoms with E-state index in [1.807, 2.05) is 48.5 Å². The van der Waals surface area contributed by atoms with Crippen LogP contribution in [0.25, 0.3) is 0 Å². The summed E-state index contributed by atoms with van der Waals surface area (Å²) in [6, 6.07) is 0. The maximum Gasteiger partial charge on any atom is 0.133 e. The largest absolute Gasteiger partial charge is 0.375 e. The normalized spacial score (nSPS) is 32.9. The highest BCUT2D eigenvalue weighted by Gasteiger charge is 2.47. The zero-order chi connectivity index (χ0) is 15.0. The van der Waals surface area contributed by atoms with Gasteiger partial charge in [-0.05, 0) is 41.5 Å². The van der Waals surface area contributed by atoms with Crippen LogP contribution in [0.2, 0.25) is 0 Å². The van der Waals surface area contributed by atoms with Crippen molar-refractivity contribution in [1.82, 2.24) is 0 Å². The molecule has 1 aliphatic rings. The Morgan fingerprint density at radius 3 is 2.05 bits per heavy atom. The zero-order valence-electron chi connectivity index (χ0n) is 13.4. The van der Waals surface area contributed by atoms with E-state index in [2.05, 4.69) is 6.58 Å². The van der Waals surface area contributed by atoms with Crippen LogP contribution in [0.3, 0.4) is 0 Å². The van der Waals surface area contributed by atoms with Gasteiger partial charge in [-0.15, -0.1) is 0 Å². The van der Waals surface area contributed by atoms with Crippen LogP contribution in [0.5, 0.6) is 0 Å². The van der Waals surface area contributed by atoms with E-state index in [1.54, 1.807) is 0 Å². The molecule has 0 bridgehead atoms. The Morgan fingerprint density at radius 2 is 1.63 bits per heavy atom. The summed E-state index contributed by atoms with van der Waals surface area (Å²) in [6.07, 6.45) is -1.45. The minimum absolute atomic E-state index is 0.0663. The molecule has 2 nitrogen and oxygen atoms in total. The first-order chi connectivity index (χ1) is 8.42. The number of ether oxygens (including phenoxy) is 2. The summed E-state index contributed by atoms with van der Waals surface area (Å²) in [4.78, 5) is 0. The lowest BCUT2D eigenvalue weighted by atomic mass is 9.99. The summed E-state index contributed by atoms with van der Waals surface area (Å²) in [5.41, 5.74) is 0.315. The van der Waals surface area contributed by atoms with E-state index in [-0.39, 0.29) is 23.0 Å². The van der Waals surface area contributed by atoms with Gasteiger partial charge in [0.2, 0.25) is 0 Å². The molecular formula is C16H29FO2. The Hall–Kier alpha value is -0.410. The van der Waals surface area contributed by atoms with Gasteiger partial charge in [0.15, 0.2) is 0 Å². The highest BCUT2D eigenvalue weighted by Crippen LogP contribution is 2.41. The third-order valence-electron chi connectivity index (χ3n) is 3.43. The van der Waals surface area contributed by atoms with Gasteiger partial charge in [0, 0.05) is 11.8 Å². The molecule has 0 aromatic heterocycles. The number of halogens is 1. The van der Waals surface area contributed by atoms with E-state index in [4.69, 9.17) is 9.47 Å². The highest BCUT2D eigenvalue weighted by atomic mass is 19.1. The second kappa shape index (κ2) is 5.53. The van der Waals surface area contributed by atoms with Crippen molar-refractivity contribution < 1.29 is 13.9 Å². The zero-order valence-corrected chi connectivity index (χ0v) is 13.4. The van der Waals surface area contributed by atoms with Gasteiger partial charge < -0.3 is 9.47 Å². The van der Waals surface area contributed by atoms with Crippen molar-refractivity contribution in [3.05, 3.63) is 12.2 Å². The molecule has 0 unspecified atom stereocenters. The molecule has 0 aromatic rings. The molecule has 0 aliphatic heterocycles. The summed E-state index contributed by atoms with van der Waals surface area (Å²) in [7, 11) is 0. The quantitative estimate of drug-likeness (QED) is 0.719. The van der Waals surface area contributed by atoms with Gasteiger partial charge >= 0.3 is 0 Å². The molecule has 1 rings (SSSR count). The lowest BCUT2D eigenvalue weighted by molar-refractivity contribution is -0.119. The average molecular weight is 272 g/mol. The van der Waals surface area contributed by atoms with E-state index in [0.717, 1.165) is 5.57 Å². The molecule has 1 saturated carbocycles. The Labute approximate surface area is 117 Å². The lowest BCUT2D eigenvalue weighted by Gasteiger charge is -2.31. The maximum atomic E-state index is 14.4. The van der Waals surface area contributed by atoms with Crippen LogP contribution >= 0.6 is 0 Å². The van der Waals surface area contributed by atoms with Crippen LogP contribution in [-0.4, -0.2) is 30.1 Å². The standard InChI is InChI=1S/C16H29FO2/c1-10-11(2)13(17)14(19-16(6,7)8)12(10)9-18-15(3,4)5/h11-14H,1,9H2,2-8H3/t11-,12-,13+,14+/m0/s1. The van der Waals surface area contributed by atoms with E-state index >= 15 is 0 Å². The second-order valence-electron chi connectivity index (χ2n) is 7.53. The minimum Gasteiger partial charge on any atom is -0.375 e. The van der Waals surface area contributed by atoms with Crippen molar-refractivity contribution >= 4 is 0 Å². The smallest absolute Gasteiger partial charge is 0.133 e. The van der Waals surface area contributed by atoms with Crippen molar-refractivity contribution in [2.45, 2.75) is 71.9 Å². The Bertz CT molecular complexity index is 325. The highest BCUT2D eigenvalue weighted by molar-refractivity contribution is 5.18. The number of hydrogen-bond donors (Lipinski definition) is 0. The molecule has 0 aromatic carbocycles. The molecule has 3 heteroatoms. The van der Waals surface area contributed by atoms with Gasteiger partial charge in [0.1, 0.15) is 6.17 Å². The molecule has 19 heavy (non-hydrogen) atoms. The SMILES string of the molecule is C=C1[C@H](C)[C@@H](F)[C@H](OC(C)(C)C)[C@H]1COC(C)(C)C. The van der Waals surface area contributed by atoms with Crippen molar-refractivity contribution in [3.8, 4) is 0 Å². The molecular weight excluding hydrogens is 243 g/mol. The number of rotatable bonds is 3. The first-order valence-corrected chi connectivity index (χ1v) is 7.07. The Balaban J connectivity index is 2.81. The number of alkyl halides is 1. The summed E-state index contributed by atoms with van der Waals surface area (Å²) in [5.74, 6) is -0.232. The molecule has 0 spiro atoms. The summed E-state index contributed by atoms with van der Waals surface area (Å²) in [6.45, 7) is 18.2. The fraction of sp³-hybridized carbons (Fsp3) is 0.875. The van der Waals surface area contributed by atoms with Gasteiger partial charge in [-0.1, -0.05) is 19.1 Å². The van der Waals surface area contributed by atoms with Crippen molar-refractivity contribution in [3.63, 3.8) is 0 Å². The predicted octanol–water partition coefficient (Wildman–Crippen LogP) is 4.15. The van der Waals surface area contributed by atoms with E-state index in [0.29, 0.717) is 6.61 Å². The van der Waals surface area contributed by atoms with E-state index < -0.39 is 12.3 Å². The maximum absolute atomic E-state index is 14.4. The van der Waals surface area contributed by atoms with Gasteiger partial charge in [-0.3, -0.25) is 0 Å². The first kappa shape index (κ1) is 16.6. The van der Waals surface area contributed by atoms with Crippen LogP contribution in [-0.2, 0) is 9.47 Å². The number of hydrogen-bond acceptors (Lipinski definition) is 2. The third kappa shape index (κ3) is 4.57. The lowest BCUT2D eigenvalue weighted by Crippen LogP contribution is -2.38. The van der Waals surface area contributed by atoms with Gasteiger partial charge in [-0.2, -0.15) is 0 Å². The molecule has 112 valence electrons. The molecule has 1 fully saturated rings. The fourth-order valence-corrected chi connectivity index (χ4v) is 2.36. The van der Waals surface area contributed by atoms with Crippen molar-refractivity contribution in [1.29, 1.82) is 0 Å². The molecule has 0 saturated heterocycles. The summed E-state index contributed by atoms with van der Waals surface area (Å²) < 4.78 is 26.1. The Kier molecular flexibility index (Phi) is 4.84. The molecule has 0 N–H and O–H groups in total. The fourth-order valence-electron chi connectivity index (χ4n) is 2.36. The molecule has 0 heterocycles. The van der Waals surface area contributed by atoms with Crippen LogP contribution in [0.4, 0.5) is 4.39 Å². The topological polar surface area (TPSA) is 18.5 Å². The monoisotopic (exact) mass is 272 g/mol. The third-order valence-corrected chi connectivity index (χ3v) is 3.43. The van der Waals surface area contributed by atoms with E-state index in [1.165, 1.54) is 0 Å². The van der Waals surface area contributed by atoms with Gasteiger partial charge in [-0.25, -0.2) is 4.39 Å². The summed E-state index contributed by atoms with van der Waals surface area (Å²) >= 11 is 0. The van der Waals surface area contributed by atoms with Crippen molar-refractivity contribution in [2.24, 2.45) is 11.8 Å².